The molecule has 0 atom stereocenters. The van der Waals surface area contributed by atoms with E-state index in [0.29, 0.717) is 5.82 Å². The number of rotatable bonds is 3. The Morgan fingerprint density at radius 2 is 2.00 bits per heavy atom. The molecule has 0 aromatic heterocycles. The Balaban J connectivity index is 2.29. The first-order chi connectivity index (χ1) is 5.41. The number of alkyl halides is 2. The maximum atomic E-state index is 12.4. The summed E-state index contributed by atoms with van der Waals surface area (Å²) in [6.45, 7) is 7.15. The van der Waals surface area contributed by atoms with E-state index < -0.39 is 5.92 Å². The predicted octanol–water partition coefficient (Wildman–Crippen LogP) is 1.41. The maximum Gasteiger partial charge on any atom is 0.282 e. The summed E-state index contributed by atoms with van der Waals surface area (Å²) in [5.41, 5.74) is 0. The van der Waals surface area contributed by atoms with E-state index >= 15 is 0 Å². The van der Waals surface area contributed by atoms with Crippen LogP contribution in [0.25, 0.3) is 0 Å². The van der Waals surface area contributed by atoms with Gasteiger partial charge in [0.15, 0.2) is 0 Å². The van der Waals surface area contributed by atoms with Crippen LogP contribution < -0.4 is 5.32 Å². The van der Waals surface area contributed by atoms with Crippen LogP contribution in [-0.2, 0) is 0 Å². The van der Waals surface area contributed by atoms with E-state index in [1.807, 2.05) is 13.8 Å². The molecule has 1 fully saturated rings. The van der Waals surface area contributed by atoms with Crippen LogP contribution in [0.3, 0.4) is 0 Å². The first-order valence-electron chi connectivity index (χ1n) is 3.99. The summed E-state index contributed by atoms with van der Waals surface area (Å²) in [6, 6.07) is 0.242. The largest absolute Gasteiger partial charge is 0.370 e. The molecular formula is C8H14F2N2. The molecule has 0 spiro atoms. The van der Waals surface area contributed by atoms with Crippen molar-refractivity contribution in [3.05, 3.63) is 12.4 Å². The van der Waals surface area contributed by atoms with Gasteiger partial charge >= 0.3 is 0 Å². The molecule has 12 heavy (non-hydrogen) atoms. The van der Waals surface area contributed by atoms with Gasteiger partial charge in [0.2, 0.25) is 0 Å². The summed E-state index contributed by atoms with van der Waals surface area (Å²) in [6.07, 6.45) is 0. The highest BCUT2D eigenvalue weighted by molar-refractivity contribution is 5.02. The predicted molar refractivity (Wildman–Crippen MR) is 43.9 cm³/mol. The SMILES string of the molecule is C=C(NC(C)C)N1CC(F)(F)C1. The van der Waals surface area contributed by atoms with Crippen LogP contribution in [0.5, 0.6) is 0 Å². The molecule has 1 aliphatic heterocycles. The molecule has 1 aliphatic rings. The second-order valence-electron chi connectivity index (χ2n) is 3.46. The van der Waals surface area contributed by atoms with Gasteiger partial charge in [-0.3, -0.25) is 0 Å². The van der Waals surface area contributed by atoms with Crippen LogP contribution in [0, 0.1) is 0 Å². The number of nitrogens with zero attached hydrogens (tertiary/aromatic N) is 1. The third kappa shape index (κ3) is 2.09. The highest BCUT2D eigenvalue weighted by Gasteiger charge is 2.44. The minimum absolute atomic E-state index is 0.203. The molecule has 0 bridgehead atoms. The fourth-order valence-electron chi connectivity index (χ4n) is 1.13. The van der Waals surface area contributed by atoms with Crippen molar-refractivity contribution in [3.63, 3.8) is 0 Å². The Bertz CT molecular complexity index is 181. The van der Waals surface area contributed by atoms with Gasteiger partial charge in [0.25, 0.3) is 5.92 Å². The smallest absolute Gasteiger partial charge is 0.282 e. The fraction of sp³-hybridized carbons (Fsp3) is 0.750. The zero-order valence-corrected chi connectivity index (χ0v) is 7.40. The van der Waals surface area contributed by atoms with E-state index in [9.17, 15) is 8.78 Å². The second kappa shape index (κ2) is 2.92. The molecular weight excluding hydrogens is 162 g/mol. The third-order valence-electron chi connectivity index (χ3n) is 1.68. The van der Waals surface area contributed by atoms with Gasteiger partial charge in [0.05, 0.1) is 18.9 Å². The molecule has 4 heteroatoms. The van der Waals surface area contributed by atoms with Crippen molar-refractivity contribution < 1.29 is 8.78 Å². The van der Waals surface area contributed by atoms with Crippen molar-refractivity contribution in [2.45, 2.75) is 25.8 Å². The third-order valence-corrected chi connectivity index (χ3v) is 1.68. The molecule has 0 aromatic rings. The Hall–Kier alpha value is -0.800. The van der Waals surface area contributed by atoms with Gasteiger partial charge in [0, 0.05) is 6.04 Å². The van der Waals surface area contributed by atoms with E-state index in [0.717, 1.165) is 0 Å². The molecule has 0 radical (unpaired) electrons. The molecule has 70 valence electrons. The van der Waals surface area contributed by atoms with Gasteiger partial charge in [-0.15, -0.1) is 0 Å². The van der Waals surface area contributed by atoms with Crippen molar-refractivity contribution in [3.8, 4) is 0 Å². The molecule has 1 rings (SSSR count). The van der Waals surface area contributed by atoms with Crippen molar-refractivity contribution in [1.29, 1.82) is 0 Å². The van der Waals surface area contributed by atoms with Crippen molar-refractivity contribution in [2.24, 2.45) is 0 Å². The number of hydrogen-bond donors (Lipinski definition) is 1. The average Bonchev–Trinajstić information content (AvgIpc) is 1.80. The Morgan fingerprint density at radius 1 is 1.50 bits per heavy atom. The van der Waals surface area contributed by atoms with E-state index in [1.54, 1.807) is 4.90 Å². The fourth-order valence-corrected chi connectivity index (χ4v) is 1.13. The minimum Gasteiger partial charge on any atom is -0.370 e. The molecule has 0 amide bonds. The van der Waals surface area contributed by atoms with E-state index in [-0.39, 0.29) is 19.1 Å². The highest BCUT2D eigenvalue weighted by Crippen LogP contribution is 2.28. The number of nitrogens with one attached hydrogen (secondary N) is 1. The zero-order chi connectivity index (χ0) is 9.35. The second-order valence-corrected chi connectivity index (χ2v) is 3.46. The first kappa shape index (κ1) is 9.29. The van der Waals surface area contributed by atoms with Crippen LogP contribution in [0.2, 0.25) is 0 Å². The van der Waals surface area contributed by atoms with Crippen LogP contribution >= 0.6 is 0 Å². The Morgan fingerprint density at radius 3 is 2.33 bits per heavy atom. The maximum absolute atomic E-state index is 12.4. The molecule has 1 N–H and O–H groups in total. The van der Waals surface area contributed by atoms with Gasteiger partial charge in [0.1, 0.15) is 0 Å². The van der Waals surface area contributed by atoms with Gasteiger partial charge in [-0.1, -0.05) is 6.58 Å². The van der Waals surface area contributed by atoms with Crippen LogP contribution in [0.15, 0.2) is 12.4 Å². The molecule has 0 unspecified atom stereocenters. The lowest BCUT2D eigenvalue weighted by Gasteiger charge is -2.41. The normalized spacial score (nSPS) is 20.6. The lowest BCUT2D eigenvalue weighted by molar-refractivity contribution is -0.118. The zero-order valence-electron chi connectivity index (χ0n) is 7.40. The summed E-state index contributed by atoms with van der Waals surface area (Å²) in [4.78, 5) is 1.54. The topological polar surface area (TPSA) is 15.3 Å². The molecule has 1 heterocycles. The van der Waals surface area contributed by atoms with E-state index in [4.69, 9.17) is 0 Å². The van der Waals surface area contributed by atoms with Gasteiger partial charge in [-0.25, -0.2) is 8.78 Å². The van der Waals surface area contributed by atoms with Crippen LogP contribution in [0.1, 0.15) is 13.8 Å². The summed E-state index contributed by atoms with van der Waals surface area (Å²) >= 11 is 0. The number of hydrogen-bond acceptors (Lipinski definition) is 2. The molecule has 0 aromatic carbocycles. The van der Waals surface area contributed by atoms with Gasteiger partial charge < -0.3 is 10.2 Å². The minimum atomic E-state index is -2.51. The lowest BCUT2D eigenvalue weighted by Crippen LogP contribution is -2.57. The van der Waals surface area contributed by atoms with Gasteiger partial charge in [-0.05, 0) is 13.8 Å². The van der Waals surface area contributed by atoms with Crippen molar-refractivity contribution in [1.82, 2.24) is 10.2 Å². The highest BCUT2D eigenvalue weighted by atomic mass is 19.3. The van der Waals surface area contributed by atoms with Crippen LogP contribution in [0.4, 0.5) is 8.78 Å². The summed E-state index contributed by atoms with van der Waals surface area (Å²) in [7, 11) is 0. The standard InChI is InChI=1S/C8H14F2N2/c1-6(2)11-7(3)12-4-8(9,10)5-12/h6,11H,3-5H2,1-2H3. The van der Waals surface area contributed by atoms with Gasteiger partial charge in [-0.2, -0.15) is 0 Å². The number of likely N-dealkylation sites (tertiary alicyclic amines) is 1. The molecule has 2 nitrogen and oxygen atoms in total. The number of halogens is 2. The van der Waals surface area contributed by atoms with E-state index in [1.165, 1.54) is 0 Å². The Labute approximate surface area is 71.2 Å². The molecule has 0 saturated carbocycles. The van der Waals surface area contributed by atoms with Crippen molar-refractivity contribution >= 4 is 0 Å². The first-order valence-corrected chi connectivity index (χ1v) is 3.99. The average molecular weight is 176 g/mol. The van der Waals surface area contributed by atoms with E-state index in [2.05, 4.69) is 11.9 Å². The summed E-state index contributed by atoms with van der Waals surface area (Å²) < 4.78 is 24.8. The quantitative estimate of drug-likeness (QED) is 0.699. The summed E-state index contributed by atoms with van der Waals surface area (Å²) in [5, 5.41) is 2.98. The Kier molecular flexibility index (Phi) is 2.26. The lowest BCUT2D eigenvalue weighted by atomic mass is 10.1. The van der Waals surface area contributed by atoms with Crippen molar-refractivity contribution in [2.75, 3.05) is 13.1 Å². The van der Waals surface area contributed by atoms with Crippen LogP contribution in [-0.4, -0.2) is 30.0 Å². The molecule has 1 saturated heterocycles. The monoisotopic (exact) mass is 176 g/mol. The summed E-state index contributed by atoms with van der Waals surface area (Å²) in [5.74, 6) is -1.92. The molecule has 0 aliphatic carbocycles.